The van der Waals surface area contributed by atoms with Gasteiger partial charge < -0.3 is 10.6 Å². The van der Waals surface area contributed by atoms with E-state index in [9.17, 15) is 0 Å². The summed E-state index contributed by atoms with van der Waals surface area (Å²) in [5.41, 5.74) is 1.19. The van der Waals surface area contributed by atoms with Gasteiger partial charge in [-0.3, -0.25) is 0 Å². The molecule has 88 valence electrons. The van der Waals surface area contributed by atoms with Crippen LogP contribution in [0.15, 0.2) is 6.33 Å². The lowest BCUT2D eigenvalue weighted by Crippen LogP contribution is -2.11. The van der Waals surface area contributed by atoms with Crippen LogP contribution in [0.25, 0.3) is 0 Å². The minimum absolute atomic E-state index is 0.422. The van der Waals surface area contributed by atoms with E-state index < -0.39 is 0 Å². The van der Waals surface area contributed by atoms with Gasteiger partial charge in [0.1, 0.15) is 18.0 Å². The van der Waals surface area contributed by atoms with Crippen molar-refractivity contribution in [2.45, 2.75) is 32.6 Å². The van der Waals surface area contributed by atoms with E-state index in [4.69, 9.17) is 0 Å². The SMILES string of the molecule is CNc1ncnc(NCC2CC2)c1C(C)C. The topological polar surface area (TPSA) is 49.8 Å². The highest BCUT2D eigenvalue weighted by Gasteiger charge is 2.22. The number of anilines is 2. The summed E-state index contributed by atoms with van der Waals surface area (Å²) in [6, 6.07) is 0. The predicted molar refractivity (Wildman–Crippen MR) is 66.9 cm³/mol. The van der Waals surface area contributed by atoms with Gasteiger partial charge in [-0.05, 0) is 24.7 Å². The standard InChI is InChI=1S/C12H20N4/c1-8(2)10-11(13-3)15-7-16-12(10)14-6-9-4-5-9/h7-9H,4-6H2,1-3H3,(H2,13,14,15,16). The molecule has 0 amide bonds. The van der Waals surface area contributed by atoms with Gasteiger partial charge in [0.2, 0.25) is 0 Å². The number of aromatic nitrogens is 2. The molecular formula is C12H20N4. The maximum Gasteiger partial charge on any atom is 0.134 e. The smallest absolute Gasteiger partial charge is 0.134 e. The van der Waals surface area contributed by atoms with Gasteiger partial charge in [0.15, 0.2) is 0 Å². The van der Waals surface area contributed by atoms with Gasteiger partial charge in [-0.25, -0.2) is 9.97 Å². The molecule has 1 saturated carbocycles. The van der Waals surface area contributed by atoms with E-state index in [0.29, 0.717) is 5.92 Å². The first-order valence-electron chi connectivity index (χ1n) is 5.99. The molecule has 1 aliphatic rings. The first-order chi connectivity index (χ1) is 7.72. The first kappa shape index (κ1) is 11.2. The highest BCUT2D eigenvalue weighted by atomic mass is 15.1. The van der Waals surface area contributed by atoms with Gasteiger partial charge in [-0.1, -0.05) is 13.8 Å². The molecule has 16 heavy (non-hydrogen) atoms. The molecule has 2 N–H and O–H groups in total. The Morgan fingerprint density at radius 3 is 2.56 bits per heavy atom. The minimum atomic E-state index is 0.422. The fourth-order valence-corrected chi connectivity index (χ4v) is 1.85. The number of rotatable bonds is 5. The van der Waals surface area contributed by atoms with Gasteiger partial charge in [-0.15, -0.1) is 0 Å². The molecule has 1 heterocycles. The van der Waals surface area contributed by atoms with Crippen LogP contribution in [0.4, 0.5) is 11.6 Å². The van der Waals surface area contributed by atoms with Crippen molar-refractivity contribution in [3.8, 4) is 0 Å². The summed E-state index contributed by atoms with van der Waals surface area (Å²) in [6.45, 7) is 5.38. The second kappa shape index (κ2) is 4.68. The van der Waals surface area contributed by atoms with Crippen LogP contribution >= 0.6 is 0 Å². The Kier molecular flexibility index (Phi) is 3.27. The van der Waals surface area contributed by atoms with Crippen LogP contribution in [0.1, 0.15) is 38.2 Å². The summed E-state index contributed by atoms with van der Waals surface area (Å²) in [5, 5.41) is 6.57. The number of hydrogen-bond donors (Lipinski definition) is 2. The second-order valence-electron chi connectivity index (χ2n) is 4.71. The third kappa shape index (κ3) is 2.43. The summed E-state index contributed by atoms with van der Waals surface area (Å²) in [4.78, 5) is 8.61. The van der Waals surface area contributed by atoms with E-state index in [1.54, 1.807) is 6.33 Å². The van der Waals surface area contributed by atoms with Crippen molar-refractivity contribution in [3.63, 3.8) is 0 Å². The molecule has 0 unspecified atom stereocenters. The molecule has 4 nitrogen and oxygen atoms in total. The molecule has 1 aliphatic carbocycles. The van der Waals surface area contributed by atoms with E-state index in [1.165, 1.54) is 18.4 Å². The Morgan fingerprint density at radius 1 is 1.31 bits per heavy atom. The summed E-state index contributed by atoms with van der Waals surface area (Å²) in [6.07, 6.45) is 4.33. The lowest BCUT2D eigenvalue weighted by molar-refractivity contribution is 0.831. The molecular weight excluding hydrogens is 200 g/mol. The van der Waals surface area contributed by atoms with Crippen molar-refractivity contribution in [2.75, 3.05) is 24.2 Å². The lowest BCUT2D eigenvalue weighted by Gasteiger charge is -2.16. The molecule has 0 spiro atoms. The summed E-state index contributed by atoms with van der Waals surface area (Å²) in [5.74, 6) is 3.20. The van der Waals surface area contributed by atoms with Crippen LogP contribution < -0.4 is 10.6 Å². The van der Waals surface area contributed by atoms with Gasteiger partial charge in [0, 0.05) is 19.2 Å². The number of nitrogens with zero attached hydrogens (tertiary/aromatic N) is 2. The van der Waals surface area contributed by atoms with Crippen LogP contribution in [0, 0.1) is 5.92 Å². The molecule has 0 radical (unpaired) electrons. The maximum absolute atomic E-state index is 4.35. The zero-order valence-electron chi connectivity index (χ0n) is 10.2. The molecule has 1 fully saturated rings. The van der Waals surface area contributed by atoms with Crippen LogP contribution in [0.2, 0.25) is 0 Å². The monoisotopic (exact) mass is 220 g/mol. The predicted octanol–water partition coefficient (Wildman–Crippen LogP) is 2.46. The van der Waals surface area contributed by atoms with Crippen LogP contribution in [0.3, 0.4) is 0 Å². The average Bonchev–Trinajstić information content (AvgIpc) is 3.09. The highest BCUT2D eigenvalue weighted by Crippen LogP contribution is 2.31. The van der Waals surface area contributed by atoms with E-state index in [0.717, 1.165) is 24.1 Å². The van der Waals surface area contributed by atoms with Crippen LogP contribution in [0.5, 0.6) is 0 Å². The lowest BCUT2D eigenvalue weighted by atomic mass is 10.0. The Labute approximate surface area is 96.9 Å². The van der Waals surface area contributed by atoms with E-state index >= 15 is 0 Å². The number of hydrogen-bond acceptors (Lipinski definition) is 4. The molecule has 0 aliphatic heterocycles. The zero-order chi connectivity index (χ0) is 11.5. The highest BCUT2D eigenvalue weighted by molar-refractivity contribution is 5.58. The van der Waals surface area contributed by atoms with Crippen molar-refractivity contribution in [2.24, 2.45) is 5.92 Å². The average molecular weight is 220 g/mol. The van der Waals surface area contributed by atoms with Gasteiger partial charge in [0.05, 0.1) is 0 Å². The Balaban J connectivity index is 2.19. The summed E-state index contributed by atoms with van der Waals surface area (Å²) in [7, 11) is 1.90. The third-order valence-electron chi connectivity index (χ3n) is 2.95. The molecule has 1 aromatic heterocycles. The van der Waals surface area contributed by atoms with Crippen molar-refractivity contribution in [1.29, 1.82) is 0 Å². The molecule has 0 aromatic carbocycles. The molecule has 2 rings (SSSR count). The van der Waals surface area contributed by atoms with Crippen LogP contribution in [-0.4, -0.2) is 23.6 Å². The summed E-state index contributed by atoms with van der Waals surface area (Å²) < 4.78 is 0. The zero-order valence-corrected chi connectivity index (χ0v) is 10.2. The van der Waals surface area contributed by atoms with Crippen molar-refractivity contribution in [3.05, 3.63) is 11.9 Å². The molecule has 0 atom stereocenters. The van der Waals surface area contributed by atoms with E-state index in [1.807, 2.05) is 7.05 Å². The van der Waals surface area contributed by atoms with Crippen molar-refractivity contribution < 1.29 is 0 Å². The Bertz CT molecular complexity index is 358. The van der Waals surface area contributed by atoms with Gasteiger partial charge in [-0.2, -0.15) is 0 Å². The summed E-state index contributed by atoms with van der Waals surface area (Å²) >= 11 is 0. The van der Waals surface area contributed by atoms with Gasteiger partial charge in [0.25, 0.3) is 0 Å². The normalized spacial score (nSPS) is 15.2. The fourth-order valence-electron chi connectivity index (χ4n) is 1.85. The van der Waals surface area contributed by atoms with E-state index in [2.05, 4.69) is 34.4 Å². The quantitative estimate of drug-likeness (QED) is 0.800. The molecule has 0 bridgehead atoms. The fraction of sp³-hybridized carbons (Fsp3) is 0.667. The van der Waals surface area contributed by atoms with Crippen molar-refractivity contribution in [1.82, 2.24) is 9.97 Å². The molecule has 1 aromatic rings. The molecule has 0 saturated heterocycles. The largest absolute Gasteiger partial charge is 0.373 e. The third-order valence-corrected chi connectivity index (χ3v) is 2.95. The Hall–Kier alpha value is -1.32. The second-order valence-corrected chi connectivity index (χ2v) is 4.71. The number of nitrogens with one attached hydrogen (secondary N) is 2. The van der Waals surface area contributed by atoms with Crippen molar-refractivity contribution >= 4 is 11.6 Å². The van der Waals surface area contributed by atoms with Gasteiger partial charge >= 0.3 is 0 Å². The van der Waals surface area contributed by atoms with E-state index in [-0.39, 0.29) is 0 Å². The molecule has 4 heteroatoms. The minimum Gasteiger partial charge on any atom is -0.373 e. The maximum atomic E-state index is 4.35. The van der Waals surface area contributed by atoms with Crippen LogP contribution in [-0.2, 0) is 0 Å². The Morgan fingerprint density at radius 2 is 2.00 bits per heavy atom. The first-order valence-corrected chi connectivity index (χ1v) is 5.99.